The molecule has 3 rings (SSSR count). The summed E-state index contributed by atoms with van der Waals surface area (Å²) in [6.07, 6.45) is 0.347. The van der Waals surface area contributed by atoms with Crippen LogP contribution in [0.4, 0.5) is 5.13 Å². The molecule has 134 valence electrons. The molecule has 3 aromatic rings. The van der Waals surface area contributed by atoms with Crippen LogP contribution in [-0.4, -0.2) is 16.1 Å². The number of carbonyl (C=O) groups excluding carboxylic acids is 1. The van der Waals surface area contributed by atoms with Crippen molar-refractivity contribution in [2.24, 2.45) is 0 Å². The number of hydrogen-bond donors (Lipinski definition) is 1. The Labute approximate surface area is 170 Å². The summed E-state index contributed by atoms with van der Waals surface area (Å²) in [5.74, 6) is -0.0500. The summed E-state index contributed by atoms with van der Waals surface area (Å²) >= 11 is 6.68. The van der Waals surface area contributed by atoms with Crippen molar-refractivity contribution in [3.63, 3.8) is 0 Å². The van der Waals surface area contributed by atoms with Gasteiger partial charge in [0.1, 0.15) is 0 Å². The minimum Gasteiger partial charge on any atom is -0.302 e. The standard InChI is InChI=1S/C20H19BrN2OS2/c1-13(2)26-17-9-3-14(4-10-17)11-19(24)23-20-22-18(12-25-20)15-5-7-16(21)8-6-15/h3-10,12-13H,11H2,1-2H3,(H,22,23,24). The number of carbonyl (C=O) groups is 1. The number of thiazole rings is 1. The zero-order chi connectivity index (χ0) is 18.5. The van der Waals surface area contributed by atoms with E-state index in [4.69, 9.17) is 0 Å². The Balaban J connectivity index is 1.59. The van der Waals surface area contributed by atoms with Gasteiger partial charge in [0, 0.05) is 25.6 Å². The van der Waals surface area contributed by atoms with Gasteiger partial charge in [-0.3, -0.25) is 4.79 Å². The summed E-state index contributed by atoms with van der Waals surface area (Å²) in [7, 11) is 0. The summed E-state index contributed by atoms with van der Waals surface area (Å²) in [6.45, 7) is 4.34. The minimum absolute atomic E-state index is 0.0500. The first-order valence-corrected chi connectivity index (χ1v) is 10.8. The zero-order valence-electron chi connectivity index (χ0n) is 14.5. The van der Waals surface area contributed by atoms with E-state index in [1.807, 2.05) is 53.5 Å². The van der Waals surface area contributed by atoms with Crippen molar-refractivity contribution in [1.82, 2.24) is 4.98 Å². The average Bonchev–Trinajstić information content (AvgIpc) is 3.05. The Morgan fingerprint density at radius 2 is 1.85 bits per heavy atom. The molecule has 26 heavy (non-hydrogen) atoms. The van der Waals surface area contributed by atoms with E-state index in [9.17, 15) is 4.79 Å². The van der Waals surface area contributed by atoms with Crippen LogP contribution in [0.2, 0.25) is 0 Å². The molecule has 0 atom stereocenters. The largest absolute Gasteiger partial charge is 0.302 e. The highest BCUT2D eigenvalue weighted by atomic mass is 79.9. The van der Waals surface area contributed by atoms with Crippen LogP contribution >= 0.6 is 39.0 Å². The molecule has 0 saturated heterocycles. The summed E-state index contributed by atoms with van der Waals surface area (Å²) < 4.78 is 1.03. The van der Waals surface area contributed by atoms with Gasteiger partial charge in [0.05, 0.1) is 12.1 Å². The molecule has 1 amide bonds. The lowest BCUT2D eigenvalue weighted by Crippen LogP contribution is -2.14. The van der Waals surface area contributed by atoms with Gasteiger partial charge in [-0.05, 0) is 29.8 Å². The van der Waals surface area contributed by atoms with Crippen LogP contribution in [0.1, 0.15) is 19.4 Å². The van der Waals surface area contributed by atoms with E-state index >= 15 is 0 Å². The monoisotopic (exact) mass is 446 g/mol. The van der Waals surface area contributed by atoms with Crippen LogP contribution in [0.25, 0.3) is 11.3 Å². The fraction of sp³-hybridized carbons (Fsp3) is 0.200. The molecule has 6 heteroatoms. The van der Waals surface area contributed by atoms with Crippen LogP contribution in [0, 0.1) is 0 Å². The van der Waals surface area contributed by atoms with Gasteiger partial charge in [-0.2, -0.15) is 0 Å². The van der Waals surface area contributed by atoms with Crippen molar-refractivity contribution in [2.75, 3.05) is 5.32 Å². The van der Waals surface area contributed by atoms with E-state index < -0.39 is 0 Å². The molecule has 0 saturated carbocycles. The fourth-order valence-corrected chi connectivity index (χ4v) is 4.23. The third-order valence-electron chi connectivity index (χ3n) is 3.55. The van der Waals surface area contributed by atoms with E-state index in [2.05, 4.69) is 52.2 Å². The summed E-state index contributed by atoms with van der Waals surface area (Å²) in [5, 5.41) is 6.02. The highest BCUT2D eigenvalue weighted by molar-refractivity contribution is 9.10. The highest BCUT2D eigenvalue weighted by Crippen LogP contribution is 2.26. The lowest BCUT2D eigenvalue weighted by molar-refractivity contribution is -0.115. The molecule has 0 aliphatic rings. The Morgan fingerprint density at radius 3 is 2.50 bits per heavy atom. The summed E-state index contributed by atoms with van der Waals surface area (Å²) in [5.41, 5.74) is 2.90. The van der Waals surface area contributed by atoms with E-state index in [0.717, 1.165) is 21.3 Å². The normalized spacial score (nSPS) is 10.9. The lowest BCUT2D eigenvalue weighted by Gasteiger charge is -2.06. The minimum atomic E-state index is -0.0500. The first-order chi connectivity index (χ1) is 12.5. The Hall–Kier alpha value is -1.63. The Kier molecular flexibility index (Phi) is 6.51. The predicted octanol–water partition coefficient (Wildman–Crippen LogP) is 6.25. The van der Waals surface area contributed by atoms with Gasteiger partial charge in [-0.1, -0.05) is 54.0 Å². The second kappa shape index (κ2) is 8.84. The van der Waals surface area contributed by atoms with Gasteiger partial charge < -0.3 is 5.32 Å². The zero-order valence-corrected chi connectivity index (χ0v) is 17.7. The smallest absolute Gasteiger partial charge is 0.230 e. The maximum absolute atomic E-state index is 12.3. The molecule has 0 fully saturated rings. The molecule has 0 aliphatic heterocycles. The molecule has 3 nitrogen and oxygen atoms in total. The topological polar surface area (TPSA) is 42.0 Å². The second-order valence-electron chi connectivity index (χ2n) is 6.08. The third-order valence-corrected chi connectivity index (χ3v) is 5.85. The first kappa shape index (κ1) is 19.1. The average molecular weight is 447 g/mol. The van der Waals surface area contributed by atoms with Crippen molar-refractivity contribution >= 4 is 50.1 Å². The molecule has 0 bridgehead atoms. The van der Waals surface area contributed by atoms with Gasteiger partial charge >= 0.3 is 0 Å². The fourth-order valence-electron chi connectivity index (χ4n) is 2.39. The molecule has 0 unspecified atom stereocenters. The first-order valence-electron chi connectivity index (χ1n) is 8.26. The van der Waals surface area contributed by atoms with Crippen LogP contribution in [-0.2, 0) is 11.2 Å². The van der Waals surface area contributed by atoms with Crippen molar-refractivity contribution in [1.29, 1.82) is 0 Å². The molecule has 1 heterocycles. The number of aromatic nitrogens is 1. The van der Waals surface area contributed by atoms with Crippen molar-refractivity contribution in [3.05, 3.63) is 63.9 Å². The SMILES string of the molecule is CC(C)Sc1ccc(CC(=O)Nc2nc(-c3ccc(Br)cc3)cs2)cc1. The maximum Gasteiger partial charge on any atom is 0.230 e. The van der Waals surface area contributed by atoms with Gasteiger partial charge in [0.25, 0.3) is 0 Å². The summed E-state index contributed by atoms with van der Waals surface area (Å²) in [6, 6.07) is 16.1. The predicted molar refractivity (Wildman–Crippen MR) is 115 cm³/mol. The van der Waals surface area contributed by atoms with Crippen molar-refractivity contribution in [2.45, 2.75) is 30.4 Å². The van der Waals surface area contributed by atoms with Gasteiger partial charge in [-0.25, -0.2) is 4.98 Å². The number of nitrogens with one attached hydrogen (secondary N) is 1. The molecular weight excluding hydrogens is 428 g/mol. The van der Waals surface area contributed by atoms with Crippen LogP contribution in [0.5, 0.6) is 0 Å². The molecule has 0 spiro atoms. The Bertz CT molecular complexity index is 874. The summed E-state index contributed by atoms with van der Waals surface area (Å²) in [4.78, 5) is 18.0. The van der Waals surface area contributed by atoms with Gasteiger partial charge in [0.2, 0.25) is 5.91 Å². The second-order valence-corrected chi connectivity index (χ2v) is 9.50. The molecule has 2 aromatic carbocycles. The number of benzene rings is 2. The van der Waals surface area contributed by atoms with E-state index in [-0.39, 0.29) is 5.91 Å². The highest BCUT2D eigenvalue weighted by Gasteiger charge is 2.09. The van der Waals surface area contributed by atoms with Gasteiger partial charge in [-0.15, -0.1) is 23.1 Å². The Morgan fingerprint density at radius 1 is 1.15 bits per heavy atom. The molecule has 1 aromatic heterocycles. The lowest BCUT2D eigenvalue weighted by atomic mass is 10.1. The number of thioether (sulfide) groups is 1. The maximum atomic E-state index is 12.3. The van der Waals surface area contributed by atoms with Crippen molar-refractivity contribution < 1.29 is 4.79 Å². The van der Waals surface area contributed by atoms with Crippen molar-refractivity contribution in [3.8, 4) is 11.3 Å². The molecule has 1 N–H and O–H groups in total. The molecular formula is C20H19BrN2OS2. The number of halogens is 1. The quantitative estimate of drug-likeness (QED) is 0.454. The van der Waals surface area contributed by atoms with Gasteiger partial charge in [0.15, 0.2) is 5.13 Å². The van der Waals surface area contributed by atoms with Crippen LogP contribution in [0.3, 0.4) is 0 Å². The van der Waals surface area contributed by atoms with E-state index in [1.54, 1.807) is 0 Å². The van der Waals surface area contributed by atoms with E-state index in [0.29, 0.717) is 16.8 Å². The number of anilines is 1. The van der Waals surface area contributed by atoms with Crippen LogP contribution < -0.4 is 5.32 Å². The van der Waals surface area contributed by atoms with Crippen LogP contribution in [0.15, 0.2) is 63.3 Å². The van der Waals surface area contributed by atoms with E-state index in [1.165, 1.54) is 16.2 Å². The third kappa shape index (κ3) is 5.43. The molecule has 0 radical (unpaired) electrons. The number of nitrogens with zero attached hydrogens (tertiary/aromatic N) is 1. The number of hydrogen-bond acceptors (Lipinski definition) is 4. The number of amides is 1. The number of rotatable bonds is 6. The molecule has 0 aliphatic carbocycles.